The van der Waals surface area contributed by atoms with Gasteiger partial charge in [0, 0.05) is 12.5 Å². The summed E-state index contributed by atoms with van der Waals surface area (Å²) in [5, 5.41) is 9.35. The van der Waals surface area contributed by atoms with Gasteiger partial charge in [-0.15, -0.1) is 0 Å². The van der Waals surface area contributed by atoms with Crippen molar-refractivity contribution in [2.75, 3.05) is 7.11 Å². The Bertz CT molecular complexity index is 662. The first-order valence-corrected chi connectivity index (χ1v) is 8.21. The quantitative estimate of drug-likeness (QED) is 0.836. The molecule has 1 saturated heterocycles. The van der Waals surface area contributed by atoms with Crippen LogP contribution in [-0.4, -0.2) is 40.9 Å². The highest BCUT2D eigenvalue weighted by molar-refractivity contribution is 6.10. The molecule has 1 aromatic rings. The van der Waals surface area contributed by atoms with Crippen molar-refractivity contribution >= 4 is 17.8 Å². The summed E-state index contributed by atoms with van der Waals surface area (Å²) in [4.78, 5) is 38.4. The molecule has 1 atom stereocenters. The van der Waals surface area contributed by atoms with Crippen molar-refractivity contribution in [2.24, 2.45) is 0 Å². The number of carboxylic acids is 1. The predicted octanol–water partition coefficient (Wildman–Crippen LogP) is 2.11. The zero-order valence-corrected chi connectivity index (χ0v) is 13.7. The van der Waals surface area contributed by atoms with E-state index in [1.807, 2.05) is 0 Å². The molecule has 0 bridgehead atoms. The summed E-state index contributed by atoms with van der Waals surface area (Å²) in [6, 6.07) is 6.67. The Morgan fingerprint density at radius 2 is 1.88 bits per heavy atom. The minimum Gasteiger partial charge on any atom is -0.497 e. The van der Waals surface area contributed by atoms with E-state index in [1.165, 1.54) is 12.0 Å². The Kier molecular flexibility index (Phi) is 4.30. The molecule has 6 heteroatoms. The van der Waals surface area contributed by atoms with Crippen LogP contribution < -0.4 is 4.74 Å². The van der Waals surface area contributed by atoms with E-state index in [0.29, 0.717) is 11.3 Å². The number of carbonyl (C=O) groups is 3. The van der Waals surface area contributed by atoms with Gasteiger partial charge in [0.1, 0.15) is 5.75 Å². The summed E-state index contributed by atoms with van der Waals surface area (Å²) in [6.45, 7) is 0. The first-order chi connectivity index (χ1) is 11.5. The highest BCUT2D eigenvalue weighted by Crippen LogP contribution is 2.43. The van der Waals surface area contributed by atoms with Gasteiger partial charge in [0.05, 0.1) is 18.9 Å². The lowest BCUT2D eigenvalue weighted by Crippen LogP contribution is -2.44. The Balaban J connectivity index is 2.00. The van der Waals surface area contributed by atoms with Gasteiger partial charge in [-0.05, 0) is 30.5 Å². The molecule has 1 heterocycles. The third kappa shape index (κ3) is 2.66. The lowest BCUT2D eigenvalue weighted by atomic mass is 9.76. The van der Waals surface area contributed by atoms with Crippen LogP contribution in [0.25, 0.3) is 0 Å². The van der Waals surface area contributed by atoms with Crippen molar-refractivity contribution < 1.29 is 24.2 Å². The molecule has 24 heavy (non-hydrogen) atoms. The average Bonchev–Trinajstić information content (AvgIpc) is 3.15. The van der Waals surface area contributed by atoms with E-state index in [-0.39, 0.29) is 30.7 Å². The number of imide groups is 1. The van der Waals surface area contributed by atoms with Crippen LogP contribution in [0.5, 0.6) is 5.75 Å². The second-order valence-corrected chi connectivity index (χ2v) is 6.57. The second kappa shape index (κ2) is 6.26. The average molecular weight is 331 g/mol. The molecule has 6 nitrogen and oxygen atoms in total. The Morgan fingerprint density at radius 1 is 1.25 bits per heavy atom. The van der Waals surface area contributed by atoms with Gasteiger partial charge in [-0.3, -0.25) is 19.3 Å². The fourth-order valence-electron chi connectivity index (χ4n) is 3.93. The first-order valence-electron chi connectivity index (χ1n) is 8.21. The molecule has 0 aromatic heterocycles. The third-order valence-electron chi connectivity index (χ3n) is 5.14. The zero-order valence-electron chi connectivity index (χ0n) is 13.7. The number of amides is 2. The minimum absolute atomic E-state index is 0.0824. The third-order valence-corrected chi connectivity index (χ3v) is 5.14. The number of carbonyl (C=O) groups excluding carboxylic acids is 2. The number of hydrogen-bond donors (Lipinski definition) is 1. The van der Waals surface area contributed by atoms with Crippen molar-refractivity contribution in [3.05, 3.63) is 29.8 Å². The molecule has 3 rings (SSSR count). The van der Waals surface area contributed by atoms with E-state index < -0.39 is 11.4 Å². The van der Waals surface area contributed by atoms with Crippen LogP contribution in [0.15, 0.2) is 24.3 Å². The Hall–Kier alpha value is -2.37. The highest BCUT2D eigenvalue weighted by Gasteiger charge is 2.55. The van der Waals surface area contributed by atoms with E-state index in [4.69, 9.17) is 4.74 Å². The monoisotopic (exact) mass is 331 g/mol. The first kappa shape index (κ1) is 16.5. The number of nitrogens with zero attached hydrogens (tertiary/aromatic N) is 1. The number of methoxy groups -OCH3 is 1. The molecule has 2 aliphatic rings. The van der Waals surface area contributed by atoms with Crippen LogP contribution in [-0.2, 0) is 19.8 Å². The topological polar surface area (TPSA) is 83.9 Å². The van der Waals surface area contributed by atoms with Gasteiger partial charge in [0.2, 0.25) is 11.8 Å². The number of aliphatic carboxylic acids is 1. The molecule has 2 fully saturated rings. The SMILES string of the molecule is COc1ccc([C@@]2(CC(=O)O)CC(=O)N(C3CCCC3)C2=O)cc1. The van der Waals surface area contributed by atoms with Gasteiger partial charge in [0.15, 0.2) is 0 Å². The molecule has 1 aliphatic heterocycles. The van der Waals surface area contributed by atoms with Crippen LogP contribution in [0.1, 0.15) is 44.1 Å². The summed E-state index contributed by atoms with van der Waals surface area (Å²) in [5.41, 5.74) is -0.748. The number of hydrogen-bond acceptors (Lipinski definition) is 4. The largest absolute Gasteiger partial charge is 0.497 e. The summed E-state index contributed by atoms with van der Waals surface area (Å²) < 4.78 is 5.12. The van der Waals surface area contributed by atoms with Crippen molar-refractivity contribution in [2.45, 2.75) is 50.0 Å². The smallest absolute Gasteiger partial charge is 0.304 e. The van der Waals surface area contributed by atoms with Crippen LogP contribution in [0, 0.1) is 0 Å². The maximum absolute atomic E-state index is 13.1. The normalized spacial score (nSPS) is 24.6. The van der Waals surface area contributed by atoms with Gasteiger partial charge in [-0.2, -0.15) is 0 Å². The maximum atomic E-state index is 13.1. The number of ether oxygens (including phenoxy) is 1. The van der Waals surface area contributed by atoms with E-state index in [2.05, 4.69) is 0 Å². The van der Waals surface area contributed by atoms with Gasteiger partial charge in [0.25, 0.3) is 0 Å². The number of benzene rings is 1. The standard InChI is InChI=1S/C18H21NO5/c1-24-14-8-6-12(7-9-14)18(11-16(21)22)10-15(20)19(17(18)23)13-4-2-3-5-13/h6-9,13H,2-5,10-11H2,1H3,(H,21,22)/t18-/m0/s1. The van der Waals surface area contributed by atoms with Crippen molar-refractivity contribution in [3.8, 4) is 5.75 Å². The van der Waals surface area contributed by atoms with Gasteiger partial charge in [-0.1, -0.05) is 25.0 Å². The molecular weight excluding hydrogens is 310 g/mol. The molecule has 1 saturated carbocycles. The Morgan fingerprint density at radius 3 is 2.42 bits per heavy atom. The molecule has 1 N–H and O–H groups in total. The molecule has 1 aromatic carbocycles. The van der Waals surface area contributed by atoms with E-state index in [1.54, 1.807) is 24.3 Å². The summed E-state index contributed by atoms with van der Waals surface area (Å²) in [6.07, 6.45) is 3.15. The highest BCUT2D eigenvalue weighted by atomic mass is 16.5. The molecular formula is C18H21NO5. The number of rotatable bonds is 5. The van der Waals surface area contributed by atoms with Gasteiger partial charge >= 0.3 is 5.97 Å². The molecule has 128 valence electrons. The van der Waals surface area contributed by atoms with Crippen LogP contribution >= 0.6 is 0 Å². The maximum Gasteiger partial charge on any atom is 0.304 e. The van der Waals surface area contributed by atoms with Crippen LogP contribution in [0.4, 0.5) is 0 Å². The van der Waals surface area contributed by atoms with Crippen molar-refractivity contribution in [1.29, 1.82) is 0 Å². The number of carboxylic acid groups (broad SMARTS) is 1. The van der Waals surface area contributed by atoms with Crippen molar-refractivity contribution in [3.63, 3.8) is 0 Å². The minimum atomic E-state index is -1.31. The van der Waals surface area contributed by atoms with Crippen LogP contribution in [0.2, 0.25) is 0 Å². The summed E-state index contributed by atoms with van der Waals surface area (Å²) >= 11 is 0. The summed E-state index contributed by atoms with van der Waals surface area (Å²) in [5.74, 6) is -1.09. The second-order valence-electron chi connectivity index (χ2n) is 6.57. The molecule has 0 unspecified atom stereocenters. The van der Waals surface area contributed by atoms with Crippen LogP contribution in [0.3, 0.4) is 0 Å². The fraction of sp³-hybridized carbons (Fsp3) is 0.500. The summed E-state index contributed by atoms with van der Waals surface area (Å²) in [7, 11) is 1.54. The van der Waals surface area contributed by atoms with Gasteiger partial charge in [-0.25, -0.2) is 0 Å². The molecule has 0 radical (unpaired) electrons. The predicted molar refractivity (Wildman–Crippen MR) is 85.7 cm³/mol. The lowest BCUT2D eigenvalue weighted by Gasteiger charge is -2.28. The lowest BCUT2D eigenvalue weighted by molar-refractivity contribution is -0.146. The van der Waals surface area contributed by atoms with Crippen molar-refractivity contribution in [1.82, 2.24) is 4.90 Å². The number of likely N-dealkylation sites (tertiary alicyclic amines) is 1. The molecule has 1 aliphatic carbocycles. The fourth-order valence-corrected chi connectivity index (χ4v) is 3.93. The zero-order chi connectivity index (χ0) is 17.3. The van der Waals surface area contributed by atoms with E-state index in [0.717, 1.165) is 25.7 Å². The van der Waals surface area contributed by atoms with E-state index in [9.17, 15) is 19.5 Å². The van der Waals surface area contributed by atoms with E-state index >= 15 is 0 Å². The molecule has 0 spiro atoms. The Labute approximate surface area is 140 Å². The van der Waals surface area contributed by atoms with Gasteiger partial charge < -0.3 is 9.84 Å². The molecule has 2 amide bonds.